The molecule has 0 aliphatic rings. The number of rotatable bonds is 12. The third-order valence-electron chi connectivity index (χ3n) is 4.49. The first-order valence-electron chi connectivity index (χ1n) is 9.32. The quantitative estimate of drug-likeness (QED) is 0.229. The van der Waals surface area contributed by atoms with Gasteiger partial charge in [-0.2, -0.15) is 0 Å². The van der Waals surface area contributed by atoms with Crippen molar-refractivity contribution >= 4 is 38.3 Å². The molecular weight excluding hydrogens is 463 g/mol. The number of hydrogen-bond donors (Lipinski definition) is 3. The minimum Gasteiger partial charge on any atom is -0.374 e. The molecule has 0 spiro atoms. The predicted octanol–water partition coefficient (Wildman–Crippen LogP) is 4.29. The van der Waals surface area contributed by atoms with E-state index in [1.165, 1.54) is 25.7 Å². The highest BCUT2D eigenvalue weighted by Gasteiger charge is 2.26. The fraction of sp³-hybridized carbons (Fsp3) is 0.684. The number of aryl methyl sites for hydroxylation is 1. The summed E-state index contributed by atoms with van der Waals surface area (Å²) in [4.78, 5) is 0. The normalized spacial score (nSPS) is 15.5. The topological polar surface area (TPSA) is 78.4 Å². The standard InChI is InChI=1S/C19H33IN2O3S/c1-5-7-8-9-10-17(6-2)21-14-19(20,23)16-11-12-18(15(3)13-16)22-26(4,24)25/h11-13,17,21-23H,5-10,14H2,1-4H3. The summed E-state index contributed by atoms with van der Waals surface area (Å²) in [5.41, 5.74) is 2.09. The molecule has 1 aromatic carbocycles. The van der Waals surface area contributed by atoms with Gasteiger partial charge in [-0.05, 0) is 59.5 Å². The molecule has 1 rings (SSSR count). The summed E-state index contributed by atoms with van der Waals surface area (Å²) in [6.45, 7) is 6.67. The van der Waals surface area contributed by atoms with Crippen molar-refractivity contribution in [2.24, 2.45) is 0 Å². The first kappa shape index (κ1) is 23.7. The molecule has 1 aromatic rings. The predicted molar refractivity (Wildman–Crippen MR) is 118 cm³/mol. The van der Waals surface area contributed by atoms with E-state index >= 15 is 0 Å². The lowest BCUT2D eigenvalue weighted by Crippen LogP contribution is -2.39. The van der Waals surface area contributed by atoms with Gasteiger partial charge < -0.3 is 10.4 Å². The van der Waals surface area contributed by atoms with Crippen LogP contribution in [-0.2, 0) is 13.6 Å². The van der Waals surface area contributed by atoms with Crippen LogP contribution in [0.5, 0.6) is 0 Å². The van der Waals surface area contributed by atoms with Crippen LogP contribution in [0.3, 0.4) is 0 Å². The van der Waals surface area contributed by atoms with Gasteiger partial charge in [-0.3, -0.25) is 4.72 Å². The first-order chi connectivity index (χ1) is 12.1. The number of anilines is 1. The zero-order chi connectivity index (χ0) is 19.8. The molecule has 5 nitrogen and oxygen atoms in total. The van der Waals surface area contributed by atoms with Gasteiger partial charge in [0.15, 0.2) is 3.61 Å². The van der Waals surface area contributed by atoms with Crippen LogP contribution in [-0.4, -0.2) is 32.4 Å². The monoisotopic (exact) mass is 496 g/mol. The summed E-state index contributed by atoms with van der Waals surface area (Å²) in [5, 5.41) is 14.4. The van der Waals surface area contributed by atoms with Gasteiger partial charge in [-0.1, -0.05) is 51.7 Å². The Morgan fingerprint density at radius 3 is 2.46 bits per heavy atom. The lowest BCUT2D eigenvalue weighted by molar-refractivity contribution is 0.148. The van der Waals surface area contributed by atoms with E-state index in [1.807, 2.05) is 13.0 Å². The molecule has 0 saturated carbocycles. The average molecular weight is 496 g/mol. The fourth-order valence-corrected chi connectivity index (χ4v) is 4.05. The largest absolute Gasteiger partial charge is 0.374 e. The van der Waals surface area contributed by atoms with E-state index in [-0.39, 0.29) is 0 Å². The molecule has 3 N–H and O–H groups in total. The summed E-state index contributed by atoms with van der Waals surface area (Å²) in [6, 6.07) is 5.72. The Kier molecular flexibility index (Phi) is 9.85. The van der Waals surface area contributed by atoms with E-state index in [4.69, 9.17) is 0 Å². The molecule has 0 aliphatic heterocycles. The maximum absolute atomic E-state index is 11.4. The molecule has 0 aliphatic carbocycles. The number of halogens is 1. The van der Waals surface area contributed by atoms with Gasteiger partial charge in [-0.15, -0.1) is 0 Å². The number of sulfonamides is 1. The molecule has 0 fully saturated rings. The lowest BCUT2D eigenvalue weighted by atomic mass is 10.0. The Balaban J connectivity index is 2.70. The van der Waals surface area contributed by atoms with Crippen LogP contribution in [0.1, 0.15) is 63.5 Å². The van der Waals surface area contributed by atoms with E-state index in [0.717, 1.165) is 30.2 Å². The van der Waals surface area contributed by atoms with Crippen molar-refractivity contribution in [2.75, 3.05) is 17.5 Å². The van der Waals surface area contributed by atoms with Crippen molar-refractivity contribution in [2.45, 2.75) is 68.9 Å². The average Bonchev–Trinajstić information content (AvgIpc) is 2.55. The number of alkyl halides is 1. The van der Waals surface area contributed by atoms with Crippen LogP contribution < -0.4 is 10.0 Å². The van der Waals surface area contributed by atoms with Crippen LogP contribution in [0.15, 0.2) is 18.2 Å². The second-order valence-electron chi connectivity index (χ2n) is 7.00. The summed E-state index contributed by atoms with van der Waals surface area (Å²) in [7, 11) is -3.31. The maximum atomic E-state index is 11.4. The molecule has 0 saturated heterocycles. The van der Waals surface area contributed by atoms with Crippen LogP contribution in [0.2, 0.25) is 0 Å². The molecular formula is C19H33IN2O3S. The van der Waals surface area contributed by atoms with Crippen molar-refractivity contribution < 1.29 is 13.5 Å². The van der Waals surface area contributed by atoms with E-state index in [1.54, 1.807) is 12.1 Å². The molecule has 0 aromatic heterocycles. The molecule has 0 heterocycles. The van der Waals surface area contributed by atoms with Crippen molar-refractivity contribution in [3.63, 3.8) is 0 Å². The maximum Gasteiger partial charge on any atom is 0.229 e. The van der Waals surface area contributed by atoms with E-state index in [2.05, 4.69) is 46.5 Å². The van der Waals surface area contributed by atoms with Crippen LogP contribution in [0.4, 0.5) is 5.69 Å². The smallest absolute Gasteiger partial charge is 0.229 e. The van der Waals surface area contributed by atoms with E-state index in [9.17, 15) is 13.5 Å². The molecule has 0 bridgehead atoms. The number of benzene rings is 1. The molecule has 2 atom stereocenters. The van der Waals surface area contributed by atoms with Crippen LogP contribution in [0, 0.1) is 6.92 Å². The summed E-state index contributed by atoms with van der Waals surface area (Å²) < 4.78 is 24.3. The minimum absolute atomic E-state index is 0.403. The Morgan fingerprint density at radius 2 is 1.92 bits per heavy atom. The van der Waals surface area contributed by atoms with Gasteiger partial charge in [0.2, 0.25) is 10.0 Å². The Bertz CT molecular complexity index is 663. The molecule has 150 valence electrons. The Labute approximate surface area is 172 Å². The Hall–Kier alpha value is -0.380. The van der Waals surface area contributed by atoms with Crippen molar-refractivity contribution in [1.82, 2.24) is 5.32 Å². The number of hydrogen-bond acceptors (Lipinski definition) is 4. The number of unbranched alkanes of at least 4 members (excludes halogenated alkanes) is 3. The number of nitrogens with one attached hydrogen (secondary N) is 2. The fourth-order valence-electron chi connectivity index (χ4n) is 2.87. The van der Waals surface area contributed by atoms with Gasteiger partial charge >= 0.3 is 0 Å². The van der Waals surface area contributed by atoms with Gasteiger partial charge in [-0.25, -0.2) is 8.42 Å². The SMILES string of the molecule is CCCCCCC(CC)NCC(O)(I)c1ccc(NS(C)(=O)=O)c(C)c1. The summed E-state index contributed by atoms with van der Waals surface area (Å²) >= 11 is 2.05. The highest BCUT2D eigenvalue weighted by atomic mass is 127. The summed E-state index contributed by atoms with van der Waals surface area (Å²) in [6.07, 6.45) is 8.28. The lowest BCUT2D eigenvalue weighted by Gasteiger charge is -2.26. The van der Waals surface area contributed by atoms with Crippen molar-refractivity contribution in [3.8, 4) is 0 Å². The van der Waals surface area contributed by atoms with Crippen molar-refractivity contribution in [3.05, 3.63) is 29.3 Å². The van der Waals surface area contributed by atoms with Crippen LogP contribution >= 0.6 is 22.6 Å². The molecule has 2 unspecified atom stereocenters. The third-order valence-corrected chi connectivity index (χ3v) is 6.08. The summed E-state index contributed by atoms with van der Waals surface area (Å²) in [5.74, 6) is 0. The number of aliphatic hydroxyl groups is 1. The molecule has 0 amide bonds. The zero-order valence-electron chi connectivity index (χ0n) is 16.3. The third kappa shape index (κ3) is 8.54. The van der Waals surface area contributed by atoms with E-state index < -0.39 is 13.6 Å². The highest BCUT2D eigenvalue weighted by Crippen LogP contribution is 2.31. The van der Waals surface area contributed by atoms with E-state index in [0.29, 0.717) is 18.3 Å². The zero-order valence-corrected chi connectivity index (χ0v) is 19.3. The van der Waals surface area contributed by atoms with Crippen LogP contribution in [0.25, 0.3) is 0 Å². The van der Waals surface area contributed by atoms with Gasteiger partial charge in [0.1, 0.15) is 0 Å². The molecule has 0 radical (unpaired) electrons. The molecule has 7 heteroatoms. The second-order valence-corrected chi connectivity index (χ2v) is 10.5. The van der Waals surface area contributed by atoms with Gasteiger partial charge in [0.25, 0.3) is 0 Å². The van der Waals surface area contributed by atoms with Gasteiger partial charge in [0.05, 0.1) is 11.9 Å². The highest BCUT2D eigenvalue weighted by molar-refractivity contribution is 14.1. The molecule has 26 heavy (non-hydrogen) atoms. The second kappa shape index (κ2) is 10.8. The van der Waals surface area contributed by atoms with Gasteiger partial charge in [0, 0.05) is 12.6 Å². The Morgan fingerprint density at radius 1 is 1.23 bits per heavy atom. The minimum atomic E-state index is -3.31. The van der Waals surface area contributed by atoms with Crippen molar-refractivity contribution in [1.29, 1.82) is 0 Å². The first-order valence-corrected chi connectivity index (χ1v) is 12.3.